The Morgan fingerprint density at radius 2 is 1.63 bits per heavy atom. The third-order valence-corrected chi connectivity index (χ3v) is 3.97. The number of aryl methyl sites for hydroxylation is 2. The molecule has 6 heteroatoms. The van der Waals surface area contributed by atoms with Gasteiger partial charge in [0.2, 0.25) is 0 Å². The largest absolute Gasteiger partial charge is 0.506 e. The van der Waals surface area contributed by atoms with Crippen LogP contribution in [0.2, 0.25) is 0 Å². The van der Waals surface area contributed by atoms with Gasteiger partial charge in [-0.3, -0.25) is 14.9 Å². The van der Waals surface area contributed by atoms with Gasteiger partial charge in [-0.25, -0.2) is 0 Å². The topological polar surface area (TPSA) is 54.3 Å². The second kappa shape index (κ2) is 5.38. The van der Waals surface area contributed by atoms with Gasteiger partial charge >= 0.3 is 0 Å². The van der Waals surface area contributed by atoms with E-state index < -0.39 is 0 Å². The molecule has 0 radical (unpaired) electrons. The highest BCUT2D eigenvalue weighted by Gasteiger charge is 2.13. The first-order chi connectivity index (χ1) is 8.90. The fourth-order valence-electron chi connectivity index (χ4n) is 1.71. The minimum absolute atomic E-state index is 0.0740. The Balaban J connectivity index is 2.31. The number of phenolic OH excluding ortho intramolecular Hbond substituents is 1. The summed E-state index contributed by atoms with van der Waals surface area (Å²) in [6.45, 7) is 3.83. The van der Waals surface area contributed by atoms with Gasteiger partial charge in [0.15, 0.2) is 0 Å². The van der Waals surface area contributed by atoms with E-state index in [4.69, 9.17) is 0 Å². The van der Waals surface area contributed by atoms with Crippen molar-refractivity contribution in [2.45, 2.75) is 13.8 Å². The van der Waals surface area contributed by atoms with Crippen LogP contribution in [0.3, 0.4) is 0 Å². The van der Waals surface area contributed by atoms with E-state index in [1.807, 2.05) is 26.0 Å². The summed E-state index contributed by atoms with van der Waals surface area (Å²) in [7, 11) is 0. The number of hydrogen-bond acceptors (Lipinski definition) is 2. The van der Waals surface area contributed by atoms with Crippen LogP contribution in [0.5, 0.6) is 5.75 Å². The molecular formula is C13H12Br2N2O2. The van der Waals surface area contributed by atoms with Crippen LogP contribution in [0.4, 0.5) is 0 Å². The molecule has 0 bridgehead atoms. The average Bonchev–Trinajstić information content (AvgIpc) is 2.67. The Kier molecular flexibility index (Phi) is 4.01. The van der Waals surface area contributed by atoms with Crippen molar-refractivity contribution < 1.29 is 9.90 Å². The molecule has 0 saturated carbocycles. The minimum atomic E-state index is -0.246. The number of nitrogens with one attached hydrogen (secondary N) is 1. The maximum absolute atomic E-state index is 12.2. The molecule has 2 N–H and O–H groups in total. The quantitative estimate of drug-likeness (QED) is 0.824. The van der Waals surface area contributed by atoms with Gasteiger partial charge in [-0.15, -0.1) is 0 Å². The van der Waals surface area contributed by atoms with Gasteiger partial charge in [0, 0.05) is 17.0 Å². The molecule has 0 saturated heterocycles. The molecule has 0 spiro atoms. The Bertz CT molecular complexity index is 608. The van der Waals surface area contributed by atoms with Gasteiger partial charge in [-0.1, -0.05) is 0 Å². The lowest BCUT2D eigenvalue weighted by Crippen LogP contribution is -2.24. The zero-order valence-electron chi connectivity index (χ0n) is 10.4. The molecule has 0 aliphatic heterocycles. The summed E-state index contributed by atoms with van der Waals surface area (Å²) < 4.78 is 2.65. The zero-order chi connectivity index (χ0) is 14.2. The first-order valence-electron chi connectivity index (χ1n) is 5.54. The molecule has 2 rings (SSSR count). The molecule has 0 atom stereocenters. The van der Waals surface area contributed by atoms with Crippen LogP contribution in [-0.4, -0.2) is 15.7 Å². The molecule has 4 nitrogen and oxygen atoms in total. The SMILES string of the molecule is Cc1ccc(C)n1NC(=O)c1cc(Br)c(O)c(Br)c1. The average molecular weight is 388 g/mol. The third kappa shape index (κ3) is 2.84. The lowest BCUT2D eigenvalue weighted by Gasteiger charge is -2.12. The van der Waals surface area contributed by atoms with E-state index in [-0.39, 0.29) is 11.7 Å². The highest BCUT2D eigenvalue weighted by molar-refractivity contribution is 9.11. The van der Waals surface area contributed by atoms with Crippen LogP contribution in [0.1, 0.15) is 21.7 Å². The normalized spacial score (nSPS) is 10.5. The smallest absolute Gasteiger partial charge is 0.270 e. The fraction of sp³-hybridized carbons (Fsp3) is 0.154. The van der Waals surface area contributed by atoms with Crippen LogP contribution in [0.25, 0.3) is 0 Å². The van der Waals surface area contributed by atoms with Crippen molar-refractivity contribution in [1.82, 2.24) is 4.68 Å². The summed E-state index contributed by atoms with van der Waals surface area (Å²) in [5.41, 5.74) is 5.15. The van der Waals surface area contributed by atoms with Gasteiger partial charge in [0.25, 0.3) is 5.91 Å². The van der Waals surface area contributed by atoms with Crippen molar-refractivity contribution in [3.05, 3.63) is 50.2 Å². The molecule has 0 aliphatic rings. The number of carbonyl (C=O) groups excluding carboxylic acids is 1. The van der Waals surface area contributed by atoms with Crippen molar-refractivity contribution in [2.75, 3.05) is 5.43 Å². The van der Waals surface area contributed by atoms with E-state index in [1.54, 1.807) is 16.8 Å². The van der Waals surface area contributed by atoms with Gasteiger partial charge in [0.05, 0.1) is 8.95 Å². The Labute approximate surface area is 127 Å². The second-order valence-corrected chi connectivity index (χ2v) is 5.89. The summed E-state index contributed by atoms with van der Waals surface area (Å²) in [6, 6.07) is 7.00. The van der Waals surface area contributed by atoms with E-state index in [0.29, 0.717) is 14.5 Å². The predicted molar refractivity (Wildman–Crippen MR) is 81.1 cm³/mol. The summed E-state index contributed by atoms with van der Waals surface area (Å²) in [5, 5.41) is 9.63. The predicted octanol–water partition coefficient (Wildman–Crippen LogP) is 3.72. The Morgan fingerprint density at radius 1 is 1.16 bits per heavy atom. The second-order valence-electron chi connectivity index (χ2n) is 4.18. The molecule has 0 unspecified atom stereocenters. The van der Waals surface area contributed by atoms with E-state index in [1.165, 1.54) is 0 Å². The minimum Gasteiger partial charge on any atom is -0.506 e. The Hall–Kier alpha value is -1.27. The molecule has 19 heavy (non-hydrogen) atoms. The van der Waals surface area contributed by atoms with Gasteiger partial charge < -0.3 is 5.11 Å². The van der Waals surface area contributed by atoms with E-state index in [9.17, 15) is 9.90 Å². The first kappa shape index (κ1) is 14.1. The van der Waals surface area contributed by atoms with Crippen molar-refractivity contribution in [1.29, 1.82) is 0 Å². The number of benzene rings is 1. The van der Waals surface area contributed by atoms with Crippen molar-refractivity contribution in [3.8, 4) is 5.75 Å². The molecule has 1 amide bonds. The number of hydrogen-bond donors (Lipinski definition) is 2. The summed E-state index contributed by atoms with van der Waals surface area (Å²) in [5.74, 6) is -0.173. The van der Waals surface area contributed by atoms with Crippen LogP contribution < -0.4 is 5.43 Å². The van der Waals surface area contributed by atoms with Crippen LogP contribution >= 0.6 is 31.9 Å². The zero-order valence-corrected chi connectivity index (χ0v) is 13.5. The van der Waals surface area contributed by atoms with Crippen LogP contribution in [-0.2, 0) is 0 Å². The van der Waals surface area contributed by atoms with Gasteiger partial charge in [-0.2, -0.15) is 0 Å². The Morgan fingerprint density at radius 3 is 2.11 bits per heavy atom. The van der Waals surface area contributed by atoms with E-state index >= 15 is 0 Å². The number of aromatic hydroxyl groups is 1. The number of phenols is 1. The fourth-order valence-corrected chi connectivity index (χ4v) is 2.89. The first-order valence-corrected chi connectivity index (χ1v) is 7.13. The number of nitrogens with zero attached hydrogens (tertiary/aromatic N) is 1. The molecule has 1 aromatic carbocycles. The maximum atomic E-state index is 12.2. The summed E-state index contributed by atoms with van der Waals surface area (Å²) in [4.78, 5) is 12.2. The van der Waals surface area contributed by atoms with Crippen molar-refractivity contribution >= 4 is 37.8 Å². The number of amides is 1. The standard InChI is InChI=1S/C13H12Br2N2O2/c1-7-3-4-8(2)17(7)16-13(19)9-5-10(14)12(18)11(15)6-9/h3-6,18H,1-2H3,(H,16,19). The molecule has 0 aliphatic carbocycles. The number of aromatic nitrogens is 1. The van der Waals surface area contributed by atoms with Gasteiger partial charge in [-0.05, 0) is 70.0 Å². The lowest BCUT2D eigenvalue weighted by atomic mass is 10.2. The molecule has 1 aromatic heterocycles. The molecule has 100 valence electrons. The molecule has 1 heterocycles. The van der Waals surface area contributed by atoms with E-state index in [2.05, 4.69) is 37.3 Å². The van der Waals surface area contributed by atoms with Crippen LogP contribution in [0, 0.1) is 13.8 Å². The molecular weight excluding hydrogens is 376 g/mol. The number of carbonyl (C=O) groups is 1. The van der Waals surface area contributed by atoms with E-state index in [0.717, 1.165) is 11.4 Å². The molecule has 0 fully saturated rings. The number of halogens is 2. The van der Waals surface area contributed by atoms with Crippen LogP contribution in [0.15, 0.2) is 33.2 Å². The van der Waals surface area contributed by atoms with Crippen molar-refractivity contribution in [3.63, 3.8) is 0 Å². The maximum Gasteiger partial charge on any atom is 0.270 e. The lowest BCUT2D eigenvalue weighted by molar-refractivity contribution is 0.101. The van der Waals surface area contributed by atoms with Crippen molar-refractivity contribution in [2.24, 2.45) is 0 Å². The van der Waals surface area contributed by atoms with Gasteiger partial charge in [0.1, 0.15) is 5.75 Å². The summed E-state index contributed by atoms with van der Waals surface area (Å²) >= 11 is 6.41. The third-order valence-electron chi connectivity index (χ3n) is 2.76. The highest BCUT2D eigenvalue weighted by Crippen LogP contribution is 2.33. The molecule has 2 aromatic rings. The number of rotatable bonds is 2. The highest BCUT2D eigenvalue weighted by atomic mass is 79.9. The monoisotopic (exact) mass is 386 g/mol. The summed E-state index contributed by atoms with van der Waals surface area (Å²) in [6.07, 6.45) is 0.